The Bertz CT molecular complexity index is 299. The van der Waals surface area contributed by atoms with E-state index in [-0.39, 0.29) is 12.5 Å². The van der Waals surface area contributed by atoms with Crippen LogP contribution >= 0.6 is 0 Å². The van der Waals surface area contributed by atoms with E-state index in [2.05, 4.69) is 9.88 Å². The molecule has 1 aromatic heterocycles. The van der Waals surface area contributed by atoms with Gasteiger partial charge >= 0.3 is 0 Å². The summed E-state index contributed by atoms with van der Waals surface area (Å²) in [6.45, 7) is 4.48. The molecule has 1 aromatic rings. The maximum atomic E-state index is 9.41. The molecule has 0 bridgehead atoms. The number of aliphatic hydroxyl groups is 1. The summed E-state index contributed by atoms with van der Waals surface area (Å²) in [7, 11) is 0. The SMILES string of the molecule is OCC(CN1CCOCC1)c1ccccn1. The molecule has 0 radical (unpaired) electrons. The summed E-state index contributed by atoms with van der Waals surface area (Å²) in [5, 5.41) is 9.41. The lowest BCUT2D eigenvalue weighted by Crippen LogP contribution is -2.39. The number of hydrogen-bond donors (Lipinski definition) is 1. The Hall–Kier alpha value is -0.970. The molecule has 1 atom stereocenters. The first kappa shape index (κ1) is 11.5. The van der Waals surface area contributed by atoms with E-state index < -0.39 is 0 Å². The average molecular weight is 222 g/mol. The van der Waals surface area contributed by atoms with Gasteiger partial charge in [0.05, 0.1) is 19.8 Å². The van der Waals surface area contributed by atoms with Crippen LogP contribution in [0.1, 0.15) is 11.6 Å². The van der Waals surface area contributed by atoms with Crippen LogP contribution in [0.5, 0.6) is 0 Å². The fraction of sp³-hybridized carbons (Fsp3) is 0.583. The maximum Gasteiger partial charge on any atom is 0.0594 e. The van der Waals surface area contributed by atoms with Crippen LogP contribution in [-0.4, -0.2) is 54.4 Å². The van der Waals surface area contributed by atoms with Crippen molar-refractivity contribution in [1.82, 2.24) is 9.88 Å². The Morgan fingerprint density at radius 3 is 2.81 bits per heavy atom. The van der Waals surface area contributed by atoms with Gasteiger partial charge in [-0.15, -0.1) is 0 Å². The first-order chi connectivity index (χ1) is 7.90. The number of rotatable bonds is 4. The van der Waals surface area contributed by atoms with Gasteiger partial charge in [0, 0.05) is 37.4 Å². The fourth-order valence-corrected chi connectivity index (χ4v) is 1.96. The summed E-state index contributed by atoms with van der Waals surface area (Å²) in [5.41, 5.74) is 0.969. The van der Waals surface area contributed by atoms with Crippen LogP contribution < -0.4 is 0 Å². The molecule has 2 heterocycles. The standard InChI is InChI=1S/C12H18N2O2/c15-10-11(12-3-1-2-4-13-12)9-14-5-7-16-8-6-14/h1-4,11,15H,5-10H2. The molecular weight excluding hydrogens is 204 g/mol. The zero-order valence-electron chi connectivity index (χ0n) is 9.38. The van der Waals surface area contributed by atoms with E-state index in [0.717, 1.165) is 38.5 Å². The van der Waals surface area contributed by atoms with Gasteiger partial charge in [-0.2, -0.15) is 0 Å². The first-order valence-electron chi connectivity index (χ1n) is 5.72. The summed E-state index contributed by atoms with van der Waals surface area (Å²) in [6, 6.07) is 5.83. The molecule has 0 amide bonds. The van der Waals surface area contributed by atoms with Crippen molar-refractivity contribution in [3.8, 4) is 0 Å². The van der Waals surface area contributed by atoms with Crippen LogP contribution in [-0.2, 0) is 4.74 Å². The minimum Gasteiger partial charge on any atom is -0.396 e. The third kappa shape index (κ3) is 3.01. The highest BCUT2D eigenvalue weighted by Gasteiger charge is 2.18. The number of pyridine rings is 1. The van der Waals surface area contributed by atoms with Crippen molar-refractivity contribution in [2.24, 2.45) is 0 Å². The average Bonchev–Trinajstić information content (AvgIpc) is 2.38. The van der Waals surface area contributed by atoms with Crippen LogP contribution in [0.2, 0.25) is 0 Å². The number of nitrogens with zero attached hydrogens (tertiary/aromatic N) is 2. The summed E-state index contributed by atoms with van der Waals surface area (Å²) in [5.74, 6) is 0.110. The van der Waals surface area contributed by atoms with Gasteiger partial charge in [0.25, 0.3) is 0 Å². The molecule has 1 aliphatic rings. The Labute approximate surface area is 95.9 Å². The predicted octanol–water partition coefficient (Wildman–Crippen LogP) is 0.490. The minimum absolute atomic E-state index is 0.110. The number of aromatic nitrogens is 1. The van der Waals surface area contributed by atoms with Gasteiger partial charge in [-0.05, 0) is 12.1 Å². The zero-order chi connectivity index (χ0) is 11.2. The van der Waals surface area contributed by atoms with Crippen LogP contribution in [0, 0.1) is 0 Å². The molecule has 1 N–H and O–H groups in total. The van der Waals surface area contributed by atoms with E-state index in [1.807, 2.05) is 18.2 Å². The smallest absolute Gasteiger partial charge is 0.0594 e. The third-order valence-corrected chi connectivity index (χ3v) is 2.91. The monoisotopic (exact) mass is 222 g/mol. The highest BCUT2D eigenvalue weighted by molar-refractivity contribution is 5.10. The highest BCUT2D eigenvalue weighted by Crippen LogP contribution is 2.14. The second-order valence-corrected chi connectivity index (χ2v) is 4.05. The Kier molecular flexibility index (Phi) is 4.27. The van der Waals surface area contributed by atoms with Crippen LogP contribution in [0.15, 0.2) is 24.4 Å². The van der Waals surface area contributed by atoms with Gasteiger partial charge in [0.15, 0.2) is 0 Å². The molecule has 1 unspecified atom stereocenters. The summed E-state index contributed by atoms with van der Waals surface area (Å²) < 4.78 is 5.30. The third-order valence-electron chi connectivity index (χ3n) is 2.91. The van der Waals surface area contributed by atoms with Crippen molar-refractivity contribution in [2.45, 2.75) is 5.92 Å². The van der Waals surface area contributed by atoms with E-state index in [1.165, 1.54) is 0 Å². The number of hydrogen-bond acceptors (Lipinski definition) is 4. The van der Waals surface area contributed by atoms with Crippen molar-refractivity contribution in [3.63, 3.8) is 0 Å². The lowest BCUT2D eigenvalue weighted by molar-refractivity contribution is 0.0317. The van der Waals surface area contributed by atoms with E-state index >= 15 is 0 Å². The first-order valence-corrected chi connectivity index (χ1v) is 5.72. The Morgan fingerprint density at radius 2 is 2.19 bits per heavy atom. The normalized spacial score (nSPS) is 19.6. The van der Waals surface area contributed by atoms with Crippen LogP contribution in [0.3, 0.4) is 0 Å². The fourth-order valence-electron chi connectivity index (χ4n) is 1.96. The quantitative estimate of drug-likeness (QED) is 0.805. The number of aliphatic hydroxyl groups excluding tert-OH is 1. The number of ether oxygens (including phenoxy) is 1. The van der Waals surface area contributed by atoms with Gasteiger partial charge in [-0.1, -0.05) is 6.07 Å². The highest BCUT2D eigenvalue weighted by atomic mass is 16.5. The molecule has 0 spiro atoms. The Morgan fingerprint density at radius 1 is 1.38 bits per heavy atom. The molecule has 0 saturated carbocycles. The lowest BCUT2D eigenvalue weighted by atomic mass is 10.1. The van der Waals surface area contributed by atoms with Gasteiger partial charge in [-0.3, -0.25) is 9.88 Å². The van der Waals surface area contributed by atoms with Gasteiger partial charge in [0.1, 0.15) is 0 Å². The molecule has 88 valence electrons. The topological polar surface area (TPSA) is 45.6 Å². The van der Waals surface area contributed by atoms with Gasteiger partial charge in [0.2, 0.25) is 0 Å². The van der Waals surface area contributed by atoms with E-state index in [9.17, 15) is 5.11 Å². The summed E-state index contributed by atoms with van der Waals surface area (Å²) >= 11 is 0. The molecule has 4 heteroatoms. The van der Waals surface area contributed by atoms with Gasteiger partial charge < -0.3 is 9.84 Å². The van der Waals surface area contributed by atoms with Crippen molar-refractivity contribution in [3.05, 3.63) is 30.1 Å². The molecule has 16 heavy (non-hydrogen) atoms. The molecule has 0 aliphatic carbocycles. The van der Waals surface area contributed by atoms with E-state index in [0.29, 0.717) is 0 Å². The molecule has 1 aliphatic heterocycles. The van der Waals surface area contributed by atoms with Crippen molar-refractivity contribution >= 4 is 0 Å². The van der Waals surface area contributed by atoms with Crippen molar-refractivity contribution in [1.29, 1.82) is 0 Å². The number of morpholine rings is 1. The maximum absolute atomic E-state index is 9.41. The molecule has 4 nitrogen and oxygen atoms in total. The lowest BCUT2D eigenvalue weighted by Gasteiger charge is -2.29. The predicted molar refractivity (Wildman–Crippen MR) is 61.3 cm³/mol. The summed E-state index contributed by atoms with van der Waals surface area (Å²) in [4.78, 5) is 6.62. The van der Waals surface area contributed by atoms with Crippen molar-refractivity contribution in [2.75, 3.05) is 39.5 Å². The molecule has 0 aromatic carbocycles. The van der Waals surface area contributed by atoms with E-state index in [4.69, 9.17) is 4.74 Å². The summed E-state index contributed by atoms with van der Waals surface area (Å²) in [6.07, 6.45) is 1.78. The molecular formula is C12H18N2O2. The molecule has 1 fully saturated rings. The van der Waals surface area contributed by atoms with Gasteiger partial charge in [-0.25, -0.2) is 0 Å². The second-order valence-electron chi connectivity index (χ2n) is 4.05. The minimum atomic E-state index is 0.110. The Balaban J connectivity index is 1.94. The van der Waals surface area contributed by atoms with Crippen LogP contribution in [0.25, 0.3) is 0 Å². The van der Waals surface area contributed by atoms with Crippen molar-refractivity contribution < 1.29 is 9.84 Å². The second kappa shape index (κ2) is 5.94. The molecule has 1 saturated heterocycles. The molecule has 2 rings (SSSR count). The van der Waals surface area contributed by atoms with E-state index in [1.54, 1.807) is 6.20 Å². The zero-order valence-corrected chi connectivity index (χ0v) is 9.38. The largest absolute Gasteiger partial charge is 0.396 e. The van der Waals surface area contributed by atoms with Crippen LogP contribution in [0.4, 0.5) is 0 Å².